The molecule has 1 aliphatic carbocycles. The minimum Gasteiger partial charge on any atom is -0.324 e. The van der Waals surface area contributed by atoms with Crippen LogP contribution in [0.3, 0.4) is 0 Å². The third kappa shape index (κ3) is 2.57. The lowest BCUT2D eigenvalue weighted by molar-refractivity contribution is -0.130. The molecule has 6 heteroatoms. The van der Waals surface area contributed by atoms with E-state index in [0.717, 1.165) is 33.4 Å². The number of nitrogens with one attached hydrogen (secondary N) is 1. The lowest BCUT2D eigenvalue weighted by atomic mass is 9.54. The molecule has 1 N–H and O–H groups in total. The van der Waals surface area contributed by atoms with Crippen molar-refractivity contribution >= 4 is 39.9 Å². The Hall–Kier alpha value is -3.54. The summed E-state index contributed by atoms with van der Waals surface area (Å²) < 4.78 is 0. The van der Waals surface area contributed by atoms with Crippen LogP contribution in [0.4, 0.5) is 5.69 Å². The molecule has 36 heavy (non-hydrogen) atoms. The van der Waals surface area contributed by atoms with Gasteiger partial charge in [-0.1, -0.05) is 60.1 Å². The summed E-state index contributed by atoms with van der Waals surface area (Å²) in [5.74, 6) is -0.324. The lowest BCUT2D eigenvalue weighted by Crippen LogP contribution is -2.60. The van der Waals surface area contributed by atoms with Gasteiger partial charge in [0.25, 0.3) is 5.91 Å². The summed E-state index contributed by atoms with van der Waals surface area (Å²) in [7, 11) is 1.97. The van der Waals surface area contributed by atoms with Gasteiger partial charge in [0.2, 0.25) is 0 Å². The number of para-hydroxylation sites is 2. The number of likely N-dealkylation sites (tertiary alicyclic amines) is 1. The van der Waals surface area contributed by atoms with Crippen molar-refractivity contribution in [3.63, 3.8) is 0 Å². The van der Waals surface area contributed by atoms with Crippen LogP contribution in [0.5, 0.6) is 0 Å². The zero-order valence-corrected chi connectivity index (χ0v) is 20.5. The maximum Gasteiger partial charge on any atom is 0.250 e. The monoisotopic (exact) mass is 493 g/mol. The normalized spacial score (nSPS) is 27.0. The molecule has 0 saturated carbocycles. The van der Waals surface area contributed by atoms with E-state index in [1.54, 1.807) is 0 Å². The predicted molar refractivity (Wildman–Crippen MR) is 140 cm³/mol. The molecule has 3 aliphatic rings. The summed E-state index contributed by atoms with van der Waals surface area (Å²) in [6.45, 7) is 0.575. The van der Waals surface area contributed by atoms with Gasteiger partial charge in [0, 0.05) is 39.7 Å². The van der Waals surface area contributed by atoms with Gasteiger partial charge in [0.05, 0.1) is 16.6 Å². The zero-order chi connectivity index (χ0) is 24.7. The Bertz CT molecular complexity index is 1580. The van der Waals surface area contributed by atoms with Crippen molar-refractivity contribution in [2.45, 2.75) is 24.3 Å². The van der Waals surface area contributed by atoms with Crippen LogP contribution in [0.2, 0.25) is 5.02 Å². The predicted octanol–water partition coefficient (Wildman–Crippen LogP) is 5.58. The van der Waals surface area contributed by atoms with Gasteiger partial charge in [0.1, 0.15) is 5.54 Å². The van der Waals surface area contributed by atoms with Crippen molar-refractivity contribution in [2.75, 3.05) is 18.9 Å². The molecule has 2 spiro atoms. The molecule has 1 amide bonds. The first-order valence-corrected chi connectivity index (χ1v) is 12.7. The van der Waals surface area contributed by atoms with Gasteiger partial charge in [-0.05, 0) is 55.8 Å². The summed E-state index contributed by atoms with van der Waals surface area (Å²) in [6, 6.07) is 25.4. The Morgan fingerprint density at radius 1 is 1.00 bits per heavy atom. The standard InChI is InChI=1S/C30H24ClN3O2/c1-34-17-23(18-10-12-20(31)13-11-18)29(30(34)22-7-3-5-9-26(22)33-28(30)36)15-14-25-21(27(29)35)16-19-6-2-4-8-24(19)32-25/h2-13,16,23H,14-15,17H2,1H3,(H,33,36)/t23-,29+,30+/m1/s1. The highest BCUT2D eigenvalue weighted by Gasteiger charge is 2.73. The van der Waals surface area contributed by atoms with E-state index in [-0.39, 0.29) is 17.6 Å². The number of benzene rings is 3. The number of nitrogens with zero attached hydrogens (tertiary/aromatic N) is 2. The first-order chi connectivity index (χ1) is 17.5. The molecule has 4 aromatic rings. The number of anilines is 1. The molecule has 3 heterocycles. The number of Topliss-reactive ketones (excluding diaryl/α,β-unsaturated/α-hetero) is 1. The smallest absolute Gasteiger partial charge is 0.250 e. The third-order valence-corrected chi connectivity index (χ3v) is 8.90. The number of rotatable bonds is 1. The van der Waals surface area contributed by atoms with Gasteiger partial charge >= 0.3 is 0 Å². The zero-order valence-electron chi connectivity index (χ0n) is 19.8. The summed E-state index contributed by atoms with van der Waals surface area (Å²) in [5, 5.41) is 4.70. The Labute approximate surface area is 214 Å². The molecule has 3 atom stereocenters. The van der Waals surface area contributed by atoms with Gasteiger partial charge in [-0.2, -0.15) is 0 Å². The largest absolute Gasteiger partial charge is 0.324 e. The first kappa shape index (κ1) is 21.7. The van der Waals surface area contributed by atoms with Crippen LogP contribution in [0.15, 0.2) is 78.9 Å². The Morgan fingerprint density at radius 3 is 2.58 bits per heavy atom. The maximum atomic E-state index is 14.9. The number of hydrogen-bond donors (Lipinski definition) is 1. The molecule has 0 bridgehead atoms. The lowest BCUT2D eigenvalue weighted by Gasteiger charge is -2.48. The molecule has 2 aliphatic heterocycles. The second kappa shape index (κ2) is 7.48. The average molecular weight is 494 g/mol. The molecular weight excluding hydrogens is 470 g/mol. The van der Waals surface area contributed by atoms with E-state index in [4.69, 9.17) is 16.6 Å². The third-order valence-electron chi connectivity index (χ3n) is 8.64. The second-order valence-corrected chi connectivity index (χ2v) is 10.6. The fourth-order valence-corrected chi connectivity index (χ4v) is 7.33. The molecule has 5 nitrogen and oxygen atoms in total. The molecule has 1 aromatic heterocycles. The van der Waals surface area contributed by atoms with Crippen LogP contribution in [0, 0.1) is 5.41 Å². The van der Waals surface area contributed by atoms with E-state index < -0.39 is 11.0 Å². The van der Waals surface area contributed by atoms with E-state index in [0.29, 0.717) is 30.0 Å². The van der Waals surface area contributed by atoms with Crippen molar-refractivity contribution in [1.82, 2.24) is 9.88 Å². The van der Waals surface area contributed by atoms with Gasteiger partial charge < -0.3 is 5.32 Å². The number of carbonyl (C=O) groups is 2. The van der Waals surface area contributed by atoms with Crippen molar-refractivity contribution in [1.29, 1.82) is 0 Å². The number of hydrogen-bond acceptors (Lipinski definition) is 4. The van der Waals surface area contributed by atoms with Crippen molar-refractivity contribution < 1.29 is 9.59 Å². The first-order valence-electron chi connectivity index (χ1n) is 12.3. The summed E-state index contributed by atoms with van der Waals surface area (Å²) in [5.41, 5.74) is 2.89. The van der Waals surface area contributed by atoms with Gasteiger partial charge in [-0.25, -0.2) is 0 Å². The van der Waals surface area contributed by atoms with E-state index in [1.807, 2.05) is 85.9 Å². The molecule has 178 valence electrons. The second-order valence-electron chi connectivity index (χ2n) is 10.2. The van der Waals surface area contributed by atoms with E-state index >= 15 is 0 Å². The number of pyridine rings is 1. The van der Waals surface area contributed by atoms with Crippen LogP contribution in [0.1, 0.15) is 39.5 Å². The summed E-state index contributed by atoms with van der Waals surface area (Å²) in [4.78, 5) is 36.0. The van der Waals surface area contributed by atoms with Crippen LogP contribution in [-0.4, -0.2) is 35.2 Å². The summed E-state index contributed by atoms with van der Waals surface area (Å²) in [6.07, 6.45) is 1.16. The molecule has 0 unspecified atom stereocenters. The van der Waals surface area contributed by atoms with Crippen molar-refractivity contribution in [2.24, 2.45) is 5.41 Å². The molecule has 1 fully saturated rings. The number of ketones is 1. The number of aromatic nitrogens is 1. The molecule has 3 aromatic carbocycles. The highest BCUT2D eigenvalue weighted by atomic mass is 35.5. The van der Waals surface area contributed by atoms with E-state index in [1.165, 1.54) is 0 Å². The molecule has 7 rings (SSSR count). The van der Waals surface area contributed by atoms with E-state index in [9.17, 15) is 9.59 Å². The van der Waals surface area contributed by atoms with Crippen LogP contribution in [0.25, 0.3) is 10.9 Å². The molecule has 1 saturated heterocycles. The molecule has 0 radical (unpaired) electrons. The molecular formula is C30H24ClN3O2. The van der Waals surface area contributed by atoms with Crippen molar-refractivity contribution in [3.8, 4) is 0 Å². The number of halogens is 1. The fourth-order valence-electron chi connectivity index (χ4n) is 7.20. The van der Waals surface area contributed by atoms with Crippen molar-refractivity contribution in [3.05, 3.63) is 106 Å². The van der Waals surface area contributed by atoms with Gasteiger partial charge in [0.15, 0.2) is 5.78 Å². The number of amides is 1. The van der Waals surface area contributed by atoms with Crippen LogP contribution >= 0.6 is 11.6 Å². The maximum absolute atomic E-state index is 14.9. The van der Waals surface area contributed by atoms with Gasteiger partial charge in [-0.3, -0.25) is 19.5 Å². The number of carbonyl (C=O) groups excluding carboxylic acids is 2. The number of fused-ring (bicyclic) bond motifs is 5. The Kier molecular flexibility index (Phi) is 4.51. The van der Waals surface area contributed by atoms with Crippen LogP contribution in [-0.2, 0) is 16.8 Å². The minimum absolute atomic E-state index is 0.00171. The van der Waals surface area contributed by atoms with Crippen LogP contribution < -0.4 is 5.32 Å². The SMILES string of the molecule is CN1C[C@H](c2ccc(Cl)cc2)[C@]2(CCc3nc4ccccc4cc3C2=O)[C@]12C(=O)Nc1ccccc12. The quantitative estimate of drug-likeness (QED) is 0.376. The number of aryl methyl sites for hydroxylation is 1. The summed E-state index contributed by atoms with van der Waals surface area (Å²) >= 11 is 6.24. The fraction of sp³-hybridized carbons (Fsp3) is 0.233. The Morgan fingerprint density at radius 2 is 1.75 bits per heavy atom. The van der Waals surface area contributed by atoms with Gasteiger partial charge in [-0.15, -0.1) is 0 Å². The average Bonchev–Trinajstić information content (AvgIpc) is 3.34. The highest BCUT2D eigenvalue weighted by molar-refractivity contribution is 6.30. The minimum atomic E-state index is -1.12. The topological polar surface area (TPSA) is 62.3 Å². The Balaban J connectivity index is 1.53. The van der Waals surface area contributed by atoms with E-state index in [2.05, 4.69) is 10.2 Å². The number of likely N-dealkylation sites (N-methyl/N-ethyl adjacent to an activating group) is 1. The highest BCUT2D eigenvalue weighted by Crippen LogP contribution is 2.66.